The van der Waals surface area contributed by atoms with Gasteiger partial charge in [-0.3, -0.25) is 0 Å². The van der Waals surface area contributed by atoms with Crippen molar-refractivity contribution in [2.24, 2.45) is 5.73 Å². The normalized spacial score (nSPS) is 10.3. The Morgan fingerprint density at radius 1 is 1.20 bits per heavy atom. The van der Waals surface area contributed by atoms with Gasteiger partial charge in [-0.1, -0.05) is 43.8 Å². The minimum Gasteiger partial charge on any atom is -0.457 e. The lowest BCUT2D eigenvalue weighted by molar-refractivity contribution is 0.481. The van der Waals surface area contributed by atoms with Crippen molar-refractivity contribution < 1.29 is 4.74 Å². The number of aryl methyl sites for hydroxylation is 1. The highest BCUT2D eigenvalue weighted by molar-refractivity contribution is 9.10. The van der Waals surface area contributed by atoms with Gasteiger partial charge in [-0.2, -0.15) is 0 Å². The lowest BCUT2D eigenvalue weighted by atomic mass is 10.1. The molecule has 0 saturated heterocycles. The topological polar surface area (TPSA) is 35.2 Å². The molecule has 2 rings (SSSR count). The number of hydrogen-bond donors (Lipinski definition) is 1. The molecule has 0 aliphatic carbocycles. The van der Waals surface area contributed by atoms with Gasteiger partial charge >= 0.3 is 0 Å². The van der Waals surface area contributed by atoms with Gasteiger partial charge in [-0.25, -0.2) is 0 Å². The number of ether oxygens (including phenoxy) is 1. The third-order valence-electron chi connectivity index (χ3n) is 2.91. The number of nitrogens with two attached hydrogens (primary N) is 1. The van der Waals surface area contributed by atoms with Crippen LogP contribution < -0.4 is 10.5 Å². The lowest BCUT2D eigenvalue weighted by Gasteiger charge is -2.12. The minimum atomic E-state index is 0.315. The maximum Gasteiger partial charge on any atom is 0.138 e. The van der Waals surface area contributed by atoms with Crippen molar-refractivity contribution in [3.63, 3.8) is 0 Å². The van der Waals surface area contributed by atoms with E-state index in [0.29, 0.717) is 10.7 Å². The summed E-state index contributed by atoms with van der Waals surface area (Å²) in [6, 6.07) is 13.7. The average molecular weight is 350 g/mol. The lowest BCUT2D eigenvalue weighted by Crippen LogP contribution is -2.11. The summed E-state index contributed by atoms with van der Waals surface area (Å²) in [5.41, 5.74) is 7.79. The maximum atomic E-state index is 5.89. The van der Waals surface area contributed by atoms with E-state index in [4.69, 9.17) is 22.7 Å². The van der Waals surface area contributed by atoms with Crippen LogP contribution in [0.25, 0.3) is 0 Å². The summed E-state index contributed by atoms with van der Waals surface area (Å²) < 4.78 is 6.73. The molecule has 0 aromatic heterocycles. The van der Waals surface area contributed by atoms with Crippen LogP contribution in [0.2, 0.25) is 0 Å². The largest absolute Gasteiger partial charge is 0.457 e. The van der Waals surface area contributed by atoms with Crippen LogP contribution in [-0.4, -0.2) is 4.99 Å². The number of hydrogen-bond acceptors (Lipinski definition) is 2. The van der Waals surface area contributed by atoms with Crippen molar-refractivity contribution in [1.82, 2.24) is 0 Å². The number of benzene rings is 2. The highest BCUT2D eigenvalue weighted by Gasteiger charge is 2.11. The van der Waals surface area contributed by atoms with E-state index in [1.165, 1.54) is 5.56 Å². The van der Waals surface area contributed by atoms with Crippen LogP contribution in [0.15, 0.2) is 46.9 Å². The number of halogens is 1. The second-order valence-corrected chi connectivity index (χ2v) is 5.77. The molecule has 2 N–H and O–H groups in total. The molecule has 4 heteroatoms. The van der Waals surface area contributed by atoms with E-state index in [-0.39, 0.29) is 0 Å². The highest BCUT2D eigenvalue weighted by atomic mass is 79.9. The van der Waals surface area contributed by atoms with Gasteiger partial charge in [-0.05, 0) is 52.2 Å². The van der Waals surface area contributed by atoms with Crippen LogP contribution in [0.5, 0.6) is 11.5 Å². The van der Waals surface area contributed by atoms with Gasteiger partial charge in [0, 0.05) is 4.47 Å². The molecular weight excluding hydrogens is 334 g/mol. The molecule has 0 aliphatic heterocycles. The SMILES string of the molecule is CCCc1ccc(Oc2cccc(Br)c2C(N)=S)cc1. The Hall–Kier alpha value is -1.39. The van der Waals surface area contributed by atoms with Gasteiger partial charge in [0.05, 0.1) is 5.56 Å². The fraction of sp³-hybridized carbons (Fsp3) is 0.188. The summed E-state index contributed by atoms with van der Waals surface area (Å²) >= 11 is 8.52. The molecule has 2 aromatic carbocycles. The molecule has 104 valence electrons. The first-order valence-electron chi connectivity index (χ1n) is 6.47. The molecule has 0 aliphatic rings. The van der Waals surface area contributed by atoms with Crippen molar-refractivity contribution in [2.75, 3.05) is 0 Å². The van der Waals surface area contributed by atoms with Crippen molar-refractivity contribution >= 4 is 33.1 Å². The molecular formula is C16H16BrNOS. The second-order valence-electron chi connectivity index (χ2n) is 4.47. The van der Waals surface area contributed by atoms with Crippen molar-refractivity contribution in [2.45, 2.75) is 19.8 Å². The Balaban J connectivity index is 2.26. The molecule has 0 saturated carbocycles. The Morgan fingerprint density at radius 3 is 2.50 bits per heavy atom. The summed E-state index contributed by atoms with van der Waals surface area (Å²) in [7, 11) is 0. The molecule has 0 bridgehead atoms. The van der Waals surface area contributed by atoms with E-state index in [1.54, 1.807) is 0 Å². The Kier molecular flexibility index (Phi) is 5.15. The van der Waals surface area contributed by atoms with Gasteiger partial charge in [0.1, 0.15) is 16.5 Å². The summed E-state index contributed by atoms with van der Waals surface area (Å²) in [5.74, 6) is 1.44. The van der Waals surface area contributed by atoms with Crippen LogP contribution in [0.1, 0.15) is 24.5 Å². The quantitative estimate of drug-likeness (QED) is 0.785. The molecule has 0 unspecified atom stereocenters. The standard InChI is InChI=1S/C16H16BrNOS/c1-2-4-11-7-9-12(10-8-11)19-14-6-3-5-13(17)15(14)16(18)20/h3,5-10H,2,4H2,1H3,(H2,18,20). The van der Waals surface area contributed by atoms with E-state index in [2.05, 4.69) is 35.0 Å². The minimum absolute atomic E-state index is 0.315. The number of thiocarbonyl (C=S) groups is 1. The zero-order valence-electron chi connectivity index (χ0n) is 11.2. The summed E-state index contributed by atoms with van der Waals surface area (Å²) in [6.45, 7) is 2.17. The van der Waals surface area contributed by atoms with Gasteiger partial charge in [0.25, 0.3) is 0 Å². The Morgan fingerprint density at radius 2 is 1.90 bits per heavy atom. The first kappa shape index (κ1) is 15.0. The molecule has 0 spiro atoms. The molecule has 2 aromatic rings. The fourth-order valence-electron chi connectivity index (χ4n) is 1.97. The van der Waals surface area contributed by atoms with E-state index in [1.807, 2.05) is 30.3 Å². The molecule has 0 fully saturated rings. The van der Waals surface area contributed by atoms with E-state index >= 15 is 0 Å². The van der Waals surface area contributed by atoms with Crippen molar-refractivity contribution in [1.29, 1.82) is 0 Å². The summed E-state index contributed by atoms with van der Waals surface area (Å²) in [4.78, 5) is 0.315. The second kappa shape index (κ2) is 6.86. The molecule has 0 amide bonds. The van der Waals surface area contributed by atoms with E-state index in [0.717, 1.165) is 28.6 Å². The van der Waals surface area contributed by atoms with Gasteiger partial charge in [0.15, 0.2) is 0 Å². The first-order valence-corrected chi connectivity index (χ1v) is 7.67. The first-order chi connectivity index (χ1) is 9.61. The van der Waals surface area contributed by atoms with Crippen molar-refractivity contribution in [3.05, 3.63) is 58.1 Å². The zero-order chi connectivity index (χ0) is 14.5. The van der Waals surface area contributed by atoms with Crippen LogP contribution >= 0.6 is 28.1 Å². The molecule has 20 heavy (non-hydrogen) atoms. The smallest absolute Gasteiger partial charge is 0.138 e. The molecule has 0 atom stereocenters. The third-order valence-corrected chi connectivity index (χ3v) is 3.78. The Labute approximate surface area is 133 Å². The molecule has 0 heterocycles. The van der Waals surface area contributed by atoms with E-state index in [9.17, 15) is 0 Å². The third kappa shape index (κ3) is 3.58. The maximum absolute atomic E-state index is 5.89. The number of rotatable bonds is 5. The van der Waals surface area contributed by atoms with Crippen LogP contribution in [0, 0.1) is 0 Å². The molecule has 0 radical (unpaired) electrons. The summed E-state index contributed by atoms with van der Waals surface area (Å²) in [6.07, 6.45) is 2.22. The summed E-state index contributed by atoms with van der Waals surface area (Å²) in [5, 5.41) is 0. The predicted octanol–water partition coefficient (Wildman–Crippen LogP) is 4.83. The van der Waals surface area contributed by atoms with Gasteiger partial charge in [-0.15, -0.1) is 0 Å². The van der Waals surface area contributed by atoms with Gasteiger partial charge < -0.3 is 10.5 Å². The van der Waals surface area contributed by atoms with Crippen LogP contribution in [0.4, 0.5) is 0 Å². The monoisotopic (exact) mass is 349 g/mol. The van der Waals surface area contributed by atoms with E-state index < -0.39 is 0 Å². The van der Waals surface area contributed by atoms with Crippen LogP contribution in [-0.2, 0) is 6.42 Å². The van der Waals surface area contributed by atoms with Crippen molar-refractivity contribution in [3.8, 4) is 11.5 Å². The highest BCUT2D eigenvalue weighted by Crippen LogP contribution is 2.30. The fourth-order valence-corrected chi connectivity index (χ4v) is 2.87. The van der Waals surface area contributed by atoms with Gasteiger partial charge in [0.2, 0.25) is 0 Å². The van der Waals surface area contributed by atoms with Crippen LogP contribution in [0.3, 0.4) is 0 Å². The predicted molar refractivity (Wildman–Crippen MR) is 90.5 cm³/mol. The average Bonchev–Trinajstić information content (AvgIpc) is 2.41. The molecule has 2 nitrogen and oxygen atoms in total. The zero-order valence-corrected chi connectivity index (χ0v) is 13.6. The Bertz CT molecular complexity index is 610.